The van der Waals surface area contributed by atoms with Crippen molar-refractivity contribution >= 4 is 11.6 Å². The Balaban J connectivity index is 0.000000264. The third kappa shape index (κ3) is 3.58. The van der Waals surface area contributed by atoms with Crippen molar-refractivity contribution in [1.29, 1.82) is 0 Å². The van der Waals surface area contributed by atoms with E-state index in [9.17, 15) is 0 Å². The van der Waals surface area contributed by atoms with Crippen LogP contribution in [0.25, 0.3) is 22.8 Å². The first-order chi connectivity index (χ1) is 11.9. The van der Waals surface area contributed by atoms with Crippen molar-refractivity contribution in [3.8, 4) is 11.1 Å². The Morgan fingerprint density at radius 1 is 0.560 bits per heavy atom. The van der Waals surface area contributed by atoms with Crippen LogP contribution in [-0.2, 0) is 17.1 Å². The van der Waals surface area contributed by atoms with Gasteiger partial charge in [0.2, 0.25) is 0 Å². The van der Waals surface area contributed by atoms with Gasteiger partial charge in [-0.05, 0) is 11.1 Å². The summed E-state index contributed by atoms with van der Waals surface area (Å²) in [6.45, 7) is 0. The van der Waals surface area contributed by atoms with Crippen LogP contribution in [0, 0.1) is 0 Å². The first-order valence-corrected chi connectivity index (χ1v) is 8.23. The molecule has 0 aromatic heterocycles. The molecule has 25 heavy (non-hydrogen) atoms. The van der Waals surface area contributed by atoms with Crippen molar-refractivity contribution in [2.24, 2.45) is 0 Å². The molecule has 0 atom stereocenters. The van der Waals surface area contributed by atoms with Crippen LogP contribution >= 0.6 is 0 Å². The molecule has 0 aliphatic heterocycles. The molecule has 1 aliphatic carbocycles. The van der Waals surface area contributed by atoms with Gasteiger partial charge in [-0.25, -0.2) is 0 Å². The maximum atomic E-state index is 2.28. The van der Waals surface area contributed by atoms with E-state index in [0.29, 0.717) is 0 Å². The van der Waals surface area contributed by atoms with Gasteiger partial charge in [0, 0.05) is 17.1 Å². The van der Waals surface area contributed by atoms with Crippen molar-refractivity contribution in [1.82, 2.24) is 0 Å². The van der Waals surface area contributed by atoms with Crippen LogP contribution in [0.2, 0.25) is 0 Å². The van der Waals surface area contributed by atoms with Gasteiger partial charge in [-0.2, -0.15) is 12.1 Å². The zero-order valence-corrected chi connectivity index (χ0v) is 14.9. The molecule has 4 aromatic carbocycles. The Morgan fingerprint density at radius 2 is 0.960 bits per heavy atom. The number of fused-ring (bicyclic) bond motifs is 3. The fourth-order valence-corrected chi connectivity index (χ4v) is 3.18. The van der Waals surface area contributed by atoms with E-state index in [4.69, 9.17) is 0 Å². The minimum absolute atomic E-state index is 0. The van der Waals surface area contributed by atoms with Gasteiger partial charge in [-0.3, -0.25) is 0 Å². The molecule has 0 heterocycles. The third-order valence-corrected chi connectivity index (χ3v) is 4.28. The largest absolute Gasteiger partial charge is 0.748 e. The van der Waals surface area contributed by atoms with Crippen LogP contribution < -0.4 is 0 Å². The van der Waals surface area contributed by atoms with E-state index >= 15 is 0 Å². The molecule has 5 rings (SSSR count). The monoisotopic (exact) mass is 362 g/mol. The minimum atomic E-state index is 0. The summed E-state index contributed by atoms with van der Waals surface area (Å²) >= 11 is 0. The molecule has 0 saturated heterocycles. The summed E-state index contributed by atoms with van der Waals surface area (Å²) in [5.74, 6) is 0. The Hall–Kier alpha value is -2.60. The molecule has 0 saturated carbocycles. The van der Waals surface area contributed by atoms with Crippen molar-refractivity contribution < 1.29 is 17.1 Å². The summed E-state index contributed by atoms with van der Waals surface area (Å²) in [7, 11) is 0. The zero-order chi connectivity index (χ0) is 16.2. The minimum Gasteiger partial charge on any atom is -0.748 e. The van der Waals surface area contributed by atoms with Gasteiger partial charge < -0.3 is 30.3 Å². The van der Waals surface area contributed by atoms with E-state index in [0.717, 1.165) is 0 Å². The standard InChI is InChI=1S/C19H13.C5H5.Fe/c1-2-8-14(7-1)13-19-17-11-5-3-9-15(17)16-10-4-6-12-18(16)19;1-2-4-5-3-1;/h1-13H;1-5H;/q-1;-5;. The van der Waals surface area contributed by atoms with Crippen LogP contribution in [-0.4, -0.2) is 0 Å². The van der Waals surface area contributed by atoms with Gasteiger partial charge in [0.1, 0.15) is 0 Å². The van der Waals surface area contributed by atoms with Gasteiger partial charge in [-0.1, -0.05) is 65.2 Å². The molecule has 128 valence electrons. The van der Waals surface area contributed by atoms with E-state index in [2.05, 4.69) is 78.9 Å². The predicted octanol–water partition coefficient (Wildman–Crippen LogP) is 6.38. The van der Waals surface area contributed by atoms with E-state index in [1.807, 2.05) is 30.3 Å². The molecule has 1 heteroatoms. The summed E-state index contributed by atoms with van der Waals surface area (Å²) in [6, 6.07) is 35.8. The number of benzene rings is 2. The molecule has 0 bridgehead atoms. The molecule has 0 amide bonds. The van der Waals surface area contributed by atoms with Crippen LogP contribution in [0.5, 0.6) is 0 Å². The maximum Gasteiger partial charge on any atom is 0 e. The number of hydrogen-bond donors (Lipinski definition) is 0. The Kier molecular flexibility index (Phi) is 5.50. The molecule has 0 spiro atoms. The van der Waals surface area contributed by atoms with Gasteiger partial charge in [0.25, 0.3) is 0 Å². The average molecular weight is 362 g/mol. The van der Waals surface area contributed by atoms with Crippen LogP contribution in [0.4, 0.5) is 0 Å². The van der Waals surface area contributed by atoms with Crippen LogP contribution in [0.15, 0.2) is 103 Å². The fourth-order valence-electron chi connectivity index (χ4n) is 3.18. The Morgan fingerprint density at radius 3 is 1.40 bits per heavy atom. The summed E-state index contributed by atoms with van der Waals surface area (Å²) in [5, 5.41) is 0. The zero-order valence-electron chi connectivity index (χ0n) is 13.7. The second kappa shape index (κ2) is 7.98. The fraction of sp³-hybridized carbons (Fsp3) is 0. The molecule has 0 radical (unpaired) electrons. The first kappa shape index (κ1) is 17.2. The summed E-state index contributed by atoms with van der Waals surface area (Å²) in [5.41, 5.74) is 7.96. The molecular formula is C24H18Fe-6. The van der Waals surface area contributed by atoms with Gasteiger partial charge in [-0.15, -0.1) is 23.8 Å². The van der Waals surface area contributed by atoms with Gasteiger partial charge in [0.15, 0.2) is 0 Å². The molecule has 0 nitrogen and oxygen atoms in total. The quantitative estimate of drug-likeness (QED) is 0.240. The third-order valence-electron chi connectivity index (χ3n) is 4.28. The SMILES string of the molecule is C(=C1c2ccccc2-c2ccccc21)[c-]1cccc1.[Fe].[cH-]1[cH-][cH-][cH-][cH-]1. The second-order valence-corrected chi connectivity index (χ2v) is 5.83. The number of hydrogen-bond acceptors (Lipinski definition) is 0. The molecule has 4 aromatic rings. The van der Waals surface area contributed by atoms with Crippen LogP contribution in [0.3, 0.4) is 0 Å². The molecule has 0 unspecified atom stereocenters. The summed E-state index contributed by atoms with van der Waals surface area (Å²) in [6.07, 6.45) is 2.28. The smallest absolute Gasteiger partial charge is 0 e. The maximum absolute atomic E-state index is 2.28. The van der Waals surface area contributed by atoms with E-state index in [1.165, 1.54) is 33.4 Å². The second-order valence-electron chi connectivity index (χ2n) is 5.83. The first-order valence-electron chi connectivity index (χ1n) is 8.23. The average Bonchev–Trinajstić information content (AvgIpc) is 3.39. The Labute approximate surface area is 159 Å². The molecule has 0 N–H and O–H groups in total. The Bertz CT molecular complexity index is 877. The normalized spacial score (nSPS) is 10.8. The van der Waals surface area contributed by atoms with Crippen LogP contribution in [0.1, 0.15) is 16.7 Å². The van der Waals surface area contributed by atoms with E-state index in [1.54, 1.807) is 0 Å². The van der Waals surface area contributed by atoms with Gasteiger partial charge in [0.05, 0.1) is 0 Å². The van der Waals surface area contributed by atoms with E-state index in [-0.39, 0.29) is 17.1 Å². The summed E-state index contributed by atoms with van der Waals surface area (Å²) < 4.78 is 0. The number of rotatable bonds is 1. The van der Waals surface area contributed by atoms with Crippen molar-refractivity contribution in [3.05, 3.63) is 120 Å². The van der Waals surface area contributed by atoms with Crippen molar-refractivity contribution in [2.45, 2.75) is 0 Å². The van der Waals surface area contributed by atoms with Gasteiger partial charge >= 0.3 is 0 Å². The predicted molar refractivity (Wildman–Crippen MR) is 103 cm³/mol. The topological polar surface area (TPSA) is 0 Å². The molecular weight excluding hydrogens is 344 g/mol. The summed E-state index contributed by atoms with van der Waals surface area (Å²) in [4.78, 5) is 0. The van der Waals surface area contributed by atoms with E-state index < -0.39 is 0 Å². The van der Waals surface area contributed by atoms with Crippen molar-refractivity contribution in [2.75, 3.05) is 0 Å². The van der Waals surface area contributed by atoms with Crippen molar-refractivity contribution in [3.63, 3.8) is 0 Å². The molecule has 0 fully saturated rings. The molecule has 1 aliphatic rings.